The molecule has 0 radical (unpaired) electrons. The fourth-order valence-electron chi connectivity index (χ4n) is 1.34. The van der Waals surface area contributed by atoms with E-state index in [-0.39, 0.29) is 6.09 Å². The highest BCUT2D eigenvalue weighted by Gasteiger charge is 2.22. The molecule has 0 aromatic rings. The van der Waals surface area contributed by atoms with Gasteiger partial charge in [-0.25, -0.2) is 4.79 Å². The number of likely N-dealkylation sites (tertiary alicyclic amines) is 1. The molecule has 0 aliphatic carbocycles. The number of carbonyl (C=O) groups excluding carboxylic acids is 1. The highest BCUT2D eigenvalue weighted by molar-refractivity contribution is 5.67. The highest BCUT2D eigenvalue weighted by atomic mass is 16.6. The number of hydrogen-bond acceptors (Lipinski definition) is 2. The summed E-state index contributed by atoms with van der Waals surface area (Å²) in [5, 5.41) is 0. The van der Waals surface area contributed by atoms with Crippen LogP contribution in [0.5, 0.6) is 0 Å². The van der Waals surface area contributed by atoms with Gasteiger partial charge in [0, 0.05) is 25.9 Å². The molecular weight excluding hydrogens is 168 g/mol. The summed E-state index contributed by atoms with van der Waals surface area (Å²) in [5.74, 6) is 0. The number of piperidine rings is 1. The maximum atomic E-state index is 11.3. The molecule has 1 aliphatic heterocycles. The monoisotopic (exact) mass is 185 g/mol. The summed E-state index contributed by atoms with van der Waals surface area (Å²) in [6.07, 6.45) is 3.30. The van der Waals surface area contributed by atoms with Gasteiger partial charge in [-0.1, -0.05) is 12.7 Å². The van der Waals surface area contributed by atoms with Crippen molar-refractivity contribution in [2.24, 2.45) is 0 Å². The Bertz CT molecular complexity index is 186. The second-order valence-corrected chi connectivity index (χ2v) is 3.30. The molecule has 0 unspecified atom stereocenters. The number of quaternary nitrogens is 1. The number of rotatable bonds is 2. The first kappa shape index (κ1) is 10.1. The summed E-state index contributed by atoms with van der Waals surface area (Å²) in [5.41, 5.74) is 3.96. The summed E-state index contributed by atoms with van der Waals surface area (Å²) in [4.78, 5) is 13.0. The average molecular weight is 185 g/mol. The maximum Gasteiger partial charge on any atom is 0.410 e. The number of hydrogen-bond donors (Lipinski definition) is 1. The molecule has 0 saturated carbocycles. The lowest BCUT2D eigenvalue weighted by Gasteiger charge is -2.27. The largest absolute Gasteiger partial charge is 0.445 e. The number of nitrogens with zero attached hydrogens (tertiary/aromatic N) is 1. The van der Waals surface area contributed by atoms with Crippen LogP contribution in [0, 0.1) is 0 Å². The molecule has 1 heterocycles. The third kappa shape index (κ3) is 3.06. The zero-order valence-corrected chi connectivity index (χ0v) is 7.87. The molecule has 1 rings (SSSR count). The van der Waals surface area contributed by atoms with E-state index < -0.39 is 0 Å². The first-order valence-corrected chi connectivity index (χ1v) is 4.59. The maximum absolute atomic E-state index is 11.3. The Labute approximate surface area is 78.3 Å². The SMILES string of the molecule is C=CCOC(=O)N1CCC([NH3+])CC1. The minimum atomic E-state index is -0.230. The van der Waals surface area contributed by atoms with Crippen LogP contribution in [0.15, 0.2) is 12.7 Å². The third-order valence-corrected chi connectivity index (χ3v) is 2.20. The van der Waals surface area contributed by atoms with Crippen molar-refractivity contribution in [1.29, 1.82) is 0 Å². The van der Waals surface area contributed by atoms with Crippen LogP contribution in [-0.2, 0) is 4.74 Å². The molecule has 3 N–H and O–H groups in total. The molecule has 0 aromatic heterocycles. The van der Waals surface area contributed by atoms with Crippen molar-refractivity contribution in [3.05, 3.63) is 12.7 Å². The Hall–Kier alpha value is -1.03. The topological polar surface area (TPSA) is 57.2 Å². The van der Waals surface area contributed by atoms with E-state index in [4.69, 9.17) is 4.74 Å². The zero-order valence-electron chi connectivity index (χ0n) is 7.87. The van der Waals surface area contributed by atoms with Crippen molar-refractivity contribution in [3.8, 4) is 0 Å². The third-order valence-electron chi connectivity index (χ3n) is 2.20. The van der Waals surface area contributed by atoms with E-state index in [1.165, 1.54) is 0 Å². The van der Waals surface area contributed by atoms with Gasteiger partial charge in [0.25, 0.3) is 0 Å². The summed E-state index contributed by atoms with van der Waals surface area (Å²) in [6, 6.07) is 0.489. The van der Waals surface area contributed by atoms with Crippen LogP contribution < -0.4 is 5.73 Å². The molecule has 74 valence electrons. The molecule has 4 heteroatoms. The van der Waals surface area contributed by atoms with E-state index >= 15 is 0 Å². The Kier molecular flexibility index (Phi) is 3.76. The molecule has 0 atom stereocenters. The van der Waals surface area contributed by atoms with Crippen LogP contribution in [0.3, 0.4) is 0 Å². The first-order chi connectivity index (χ1) is 6.24. The lowest BCUT2D eigenvalue weighted by molar-refractivity contribution is -0.425. The predicted molar refractivity (Wildman–Crippen MR) is 49.0 cm³/mol. The van der Waals surface area contributed by atoms with E-state index in [0.717, 1.165) is 25.9 Å². The Morgan fingerprint density at radius 2 is 2.23 bits per heavy atom. The van der Waals surface area contributed by atoms with Gasteiger partial charge in [-0.15, -0.1) is 0 Å². The molecule has 1 saturated heterocycles. The summed E-state index contributed by atoms with van der Waals surface area (Å²) >= 11 is 0. The van der Waals surface area contributed by atoms with E-state index in [0.29, 0.717) is 12.6 Å². The van der Waals surface area contributed by atoms with Gasteiger partial charge in [0.15, 0.2) is 0 Å². The predicted octanol–water partition coefficient (Wildman–Crippen LogP) is 0.0153. The van der Waals surface area contributed by atoms with Crippen LogP contribution in [0.25, 0.3) is 0 Å². The van der Waals surface area contributed by atoms with Crippen LogP contribution >= 0.6 is 0 Å². The number of amides is 1. The summed E-state index contributed by atoms with van der Waals surface area (Å²) in [6.45, 7) is 5.31. The van der Waals surface area contributed by atoms with Crippen LogP contribution in [-0.4, -0.2) is 36.7 Å². The van der Waals surface area contributed by atoms with Gasteiger partial charge in [-0.2, -0.15) is 0 Å². The lowest BCUT2D eigenvalue weighted by Crippen LogP contribution is -2.64. The van der Waals surface area contributed by atoms with E-state index in [9.17, 15) is 4.79 Å². The molecule has 0 bridgehead atoms. The molecule has 0 aromatic carbocycles. The minimum Gasteiger partial charge on any atom is -0.445 e. The second kappa shape index (κ2) is 4.87. The fraction of sp³-hybridized carbons (Fsp3) is 0.667. The Balaban J connectivity index is 2.27. The van der Waals surface area contributed by atoms with Gasteiger partial charge < -0.3 is 15.4 Å². The normalized spacial score (nSPS) is 18.4. The van der Waals surface area contributed by atoms with Crippen molar-refractivity contribution in [1.82, 2.24) is 4.90 Å². The highest BCUT2D eigenvalue weighted by Crippen LogP contribution is 2.07. The van der Waals surface area contributed by atoms with Crippen molar-refractivity contribution in [2.75, 3.05) is 19.7 Å². The van der Waals surface area contributed by atoms with Gasteiger partial charge in [-0.05, 0) is 0 Å². The molecule has 0 spiro atoms. The minimum absolute atomic E-state index is 0.230. The average Bonchev–Trinajstić information content (AvgIpc) is 2.15. The smallest absolute Gasteiger partial charge is 0.410 e. The Morgan fingerprint density at radius 3 is 2.77 bits per heavy atom. The van der Waals surface area contributed by atoms with Gasteiger partial charge in [0.2, 0.25) is 0 Å². The van der Waals surface area contributed by atoms with Crippen molar-refractivity contribution in [3.63, 3.8) is 0 Å². The van der Waals surface area contributed by atoms with Crippen molar-refractivity contribution >= 4 is 6.09 Å². The van der Waals surface area contributed by atoms with Crippen LogP contribution in [0.4, 0.5) is 4.79 Å². The summed E-state index contributed by atoms with van der Waals surface area (Å²) in [7, 11) is 0. The molecule has 4 nitrogen and oxygen atoms in total. The fourth-order valence-corrected chi connectivity index (χ4v) is 1.34. The van der Waals surface area contributed by atoms with Crippen LogP contribution in [0.1, 0.15) is 12.8 Å². The van der Waals surface area contributed by atoms with Crippen LogP contribution in [0.2, 0.25) is 0 Å². The number of carbonyl (C=O) groups is 1. The lowest BCUT2D eigenvalue weighted by atomic mass is 10.1. The van der Waals surface area contributed by atoms with Crippen molar-refractivity contribution in [2.45, 2.75) is 18.9 Å². The van der Waals surface area contributed by atoms with E-state index in [1.54, 1.807) is 11.0 Å². The number of ether oxygens (including phenoxy) is 1. The standard InChI is InChI=1S/C9H16N2O2/c1-2-7-13-9(12)11-5-3-8(10)4-6-11/h2,8H,1,3-7,10H2/p+1. The van der Waals surface area contributed by atoms with Gasteiger partial charge in [0.05, 0.1) is 6.04 Å². The zero-order chi connectivity index (χ0) is 9.68. The van der Waals surface area contributed by atoms with E-state index in [1.807, 2.05) is 0 Å². The molecular formula is C9H17N2O2+. The van der Waals surface area contributed by atoms with Gasteiger partial charge >= 0.3 is 6.09 Å². The van der Waals surface area contributed by atoms with E-state index in [2.05, 4.69) is 12.3 Å². The van der Waals surface area contributed by atoms with Gasteiger partial charge in [0.1, 0.15) is 6.61 Å². The summed E-state index contributed by atoms with van der Waals surface area (Å²) < 4.78 is 4.91. The quantitative estimate of drug-likeness (QED) is 0.616. The van der Waals surface area contributed by atoms with Crippen molar-refractivity contribution < 1.29 is 15.3 Å². The molecule has 1 fully saturated rings. The first-order valence-electron chi connectivity index (χ1n) is 4.59. The molecule has 13 heavy (non-hydrogen) atoms. The molecule has 1 aliphatic rings. The van der Waals surface area contributed by atoms with Gasteiger partial charge in [-0.3, -0.25) is 0 Å². The second-order valence-electron chi connectivity index (χ2n) is 3.30. The molecule has 1 amide bonds. The Morgan fingerprint density at radius 1 is 1.62 bits per heavy atom.